The molecule has 0 aliphatic heterocycles. The molecule has 0 saturated carbocycles. The fourth-order valence-electron chi connectivity index (χ4n) is 2.07. The number of rotatable bonds is 2. The largest absolute Gasteiger partial charge is 0.496 e. The van der Waals surface area contributed by atoms with Gasteiger partial charge in [0, 0.05) is 27.9 Å². The summed E-state index contributed by atoms with van der Waals surface area (Å²) in [5.41, 5.74) is 2.08. The van der Waals surface area contributed by atoms with Crippen molar-refractivity contribution >= 4 is 27.9 Å². The van der Waals surface area contributed by atoms with Crippen LogP contribution in [0.5, 0.6) is 5.75 Å². The first-order valence-electron chi connectivity index (χ1n) is 5.47. The van der Waals surface area contributed by atoms with E-state index < -0.39 is 0 Å². The summed E-state index contributed by atoms with van der Waals surface area (Å²) in [6, 6.07) is 5.64. The molecule has 0 radical (unpaired) electrons. The highest BCUT2D eigenvalue weighted by Gasteiger charge is 2.15. The third-order valence-corrected chi connectivity index (χ3v) is 4.06. The van der Waals surface area contributed by atoms with Crippen LogP contribution in [0.4, 0.5) is 0 Å². The Morgan fingerprint density at radius 2 is 2.22 bits per heavy atom. The molecule has 2 heterocycles. The monoisotopic (exact) mass is 278 g/mol. The second kappa shape index (κ2) is 4.30. The van der Waals surface area contributed by atoms with Crippen LogP contribution in [-0.4, -0.2) is 16.5 Å². The van der Waals surface area contributed by atoms with Crippen molar-refractivity contribution in [2.24, 2.45) is 0 Å². The molecule has 3 aromatic rings. The van der Waals surface area contributed by atoms with Gasteiger partial charge < -0.3 is 4.74 Å². The van der Waals surface area contributed by atoms with Gasteiger partial charge in [0.2, 0.25) is 0 Å². The van der Waals surface area contributed by atoms with Crippen molar-refractivity contribution < 1.29 is 4.74 Å². The minimum atomic E-state index is 0.699. The molecular weight excluding hydrogens is 268 g/mol. The minimum absolute atomic E-state index is 0.699. The van der Waals surface area contributed by atoms with Gasteiger partial charge in [0.15, 0.2) is 4.96 Å². The Morgan fingerprint density at radius 3 is 3.00 bits per heavy atom. The lowest BCUT2D eigenvalue weighted by molar-refractivity contribution is 0.416. The summed E-state index contributed by atoms with van der Waals surface area (Å²) in [6.45, 7) is 2.08. The van der Waals surface area contributed by atoms with Crippen LogP contribution in [0.25, 0.3) is 16.2 Å². The molecule has 0 saturated heterocycles. The van der Waals surface area contributed by atoms with E-state index in [-0.39, 0.29) is 0 Å². The lowest BCUT2D eigenvalue weighted by Gasteiger charge is -2.09. The van der Waals surface area contributed by atoms with Crippen molar-refractivity contribution in [1.82, 2.24) is 9.38 Å². The van der Waals surface area contributed by atoms with Gasteiger partial charge in [-0.1, -0.05) is 11.6 Å². The van der Waals surface area contributed by atoms with Crippen LogP contribution in [-0.2, 0) is 0 Å². The zero-order valence-corrected chi connectivity index (χ0v) is 11.5. The Balaban J connectivity index is 2.34. The van der Waals surface area contributed by atoms with Crippen molar-refractivity contribution in [1.29, 1.82) is 0 Å². The molecule has 0 amide bonds. The number of methoxy groups -OCH3 is 1. The normalized spacial score (nSPS) is 11.1. The molecule has 0 aliphatic rings. The molecule has 0 aliphatic carbocycles. The Kier molecular flexibility index (Phi) is 2.76. The van der Waals surface area contributed by atoms with E-state index in [1.54, 1.807) is 24.6 Å². The molecule has 5 heteroatoms. The van der Waals surface area contributed by atoms with Gasteiger partial charge in [0.05, 0.1) is 12.8 Å². The number of imidazole rings is 1. The van der Waals surface area contributed by atoms with Crippen molar-refractivity contribution in [3.05, 3.63) is 40.5 Å². The number of nitrogens with zero attached hydrogens (tertiary/aromatic N) is 2. The van der Waals surface area contributed by atoms with Gasteiger partial charge in [-0.25, -0.2) is 4.98 Å². The Labute approximate surface area is 114 Å². The molecule has 18 heavy (non-hydrogen) atoms. The van der Waals surface area contributed by atoms with Crippen LogP contribution < -0.4 is 4.74 Å². The highest BCUT2D eigenvalue weighted by Crippen LogP contribution is 2.37. The topological polar surface area (TPSA) is 26.5 Å². The number of aryl methyl sites for hydroxylation is 1. The van der Waals surface area contributed by atoms with E-state index in [2.05, 4.69) is 16.3 Å². The van der Waals surface area contributed by atoms with E-state index in [0.29, 0.717) is 5.02 Å². The molecule has 1 aromatic carbocycles. The Hall–Kier alpha value is -1.52. The second-order valence-corrected chi connectivity index (χ2v) is 5.55. The maximum atomic E-state index is 6.09. The number of aromatic nitrogens is 2. The van der Waals surface area contributed by atoms with Crippen LogP contribution in [0.2, 0.25) is 5.02 Å². The number of halogens is 1. The maximum Gasteiger partial charge on any atom is 0.194 e. The summed E-state index contributed by atoms with van der Waals surface area (Å²) in [6.07, 6.45) is 3.75. The van der Waals surface area contributed by atoms with E-state index in [1.165, 1.54) is 4.88 Å². The van der Waals surface area contributed by atoms with E-state index >= 15 is 0 Å². The molecule has 3 nitrogen and oxygen atoms in total. The van der Waals surface area contributed by atoms with E-state index in [1.807, 2.05) is 24.4 Å². The van der Waals surface area contributed by atoms with Crippen molar-refractivity contribution in [3.8, 4) is 17.0 Å². The maximum absolute atomic E-state index is 6.09. The van der Waals surface area contributed by atoms with E-state index in [0.717, 1.165) is 22.0 Å². The standard InChI is InChI=1S/C13H11ClN2OS/c1-8-12(16-6-5-15-13(16)18-8)10-7-9(14)3-4-11(10)17-2/h3-7H,1-2H3. The molecule has 0 unspecified atom stereocenters. The predicted molar refractivity (Wildman–Crippen MR) is 74.8 cm³/mol. The summed E-state index contributed by atoms with van der Waals surface area (Å²) in [7, 11) is 1.67. The van der Waals surface area contributed by atoms with Crippen LogP contribution in [0.3, 0.4) is 0 Å². The van der Waals surface area contributed by atoms with E-state index in [4.69, 9.17) is 16.3 Å². The first-order chi connectivity index (χ1) is 8.70. The number of benzene rings is 1. The average molecular weight is 279 g/mol. The summed E-state index contributed by atoms with van der Waals surface area (Å²) in [4.78, 5) is 6.48. The van der Waals surface area contributed by atoms with Crippen molar-refractivity contribution in [3.63, 3.8) is 0 Å². The molecule has 0 N–H and O–H groups in total. The summed E-state index contributed by atoms with van der Waals surface area (Å²) in [5, 5.41) is 0.699. The van der Waals surface area contributed by atoms with Gasteiger partial charge in [-0.15, -0.1) is 11.3 Å². The first-order valence-corrected chi connectivity index (χ1v) is 6.66. The quantitative estimate of drug-likeness (QED) is 0.707. The first kappa shape index (κ1) is 11.6. The van der Waals surface area contributed by atoms with Crippen LogP contribution >= 0.6 is 22.9 Å². The van der Waals surface area contributed by atoms with Gasteiger partial charge in [-0.2, -0.15) is 0 Å². The molecule has 0 fully saturated rings. The summed E-state index contributed by atoms with van der Waals surface area (Å²) >= 11 is 7.75. The number of ether oxygens (including phenoxy) is 1. The lowest BCUT2D eigenvalue weighted by atomic mass is 10.1. The zero-order valence-electron chi connectivity index (χ0n) is 9.98. The second-order valence-electron chi connectivity index (χ2n) is 3.93. The highest BCUT2D eigenvalue weighted by molar-refractivity contribution is 7.17. The van der Waals surface area contributed by atoms with Crippen molar-refractivity contribution in [2.75, 3.05) is 7.11 Å². The fraction of sp³-hybridized carbons (Fsp3) is 0.154. The van der Waals surface area contributed by atoms with Gasteiger partial charge in [0.25, 0.3) is 0 Å². The SMILES string of the molecule is COc1ccc(Cl)cc1-c1c(C)sc2nccn12. The molecule has 0 atom stereocenters. The van der Waals surface area contributed by atoms with Gasteiger partial charge in [0.1, 0.15) is 5.75 Å². The number of hydrogen-bond acceptors (Lipinski definition) is 3. The summed E-state index contributed by atoms with van der Waals surface area (Å²) in [5.74, 6) is 0.816. The Bertz CT molecular complexity index is 717. The lowest BCUT2D eigenvalue weighted by Crippen LogP contribution is -1.92. The zero-order chi connectivity index (χ0) is 12.7. The molecule has 3 rings (SSSR count). The molecular formula is C13H11ClN2OS. The molecule has 2 aromatic heterocycles. The Morgan fingerprint density at radius 1 is 1.39 bits per heavy atom. The van der Waals surface area contributed by atoms with E-state index in [9.17, 15) is 0 Å². The van der Waals surface area contributed by atoms with Crippen LogP contribution in [0, 0.1) is 6.92 Å². The molecule has 0 bridgehead atoms. The van der Waals surface area contributed by atoms with Gasteiger partial charge in [-0.05, 0) is 25.1 Å². The van der Waals surface area contributed by atoms with Crippen molar-refractivity contribution in [2.45, 2.75) is 6.92 Å². The number of hydrogen-bond donors (Lipinski definition) is 0. The number of fused-ring (bicyclic) bond motifs is 1. The van der Waals surface area contributed by atoms with Crippen LogP contribution in [0.1, 0.15) is 4.88 Å². The molecule has 92 valence electrons. The van der Waals surface area contributed by atoms with Gasteiger partial charge >= 0.3 is 0 Å². The van der Waals surface area contributed by atoms with Crippen LogP contribution in [0.15, 0.2) is 30.6 Å². The third-order valence-electron chi connectivity index (χ3n) is 2.84. The highest BCUT2D eigenvalue weighted by atomic mass is 35.5. The minimum Gasteiger partial charge on any atom is -0.496 e. The predicted octanol–water partition coefficient (Wildman–Crippen LogP) is 4.03. The molecule has 0 spiro atoms. The summed E-state index contributed by atoms with van der Waals surface area (Å²) < 4.78 is 7.48. The smallest absolute Gasteiger partial charge is 0.194 e. The number of thiazole rings is 1. The third kappa shape index (κ3) is 1.69. The average Bonchev–Trinajstić information content (AvgIpc) is 2.88. The van der Waals surface area contributed by atoms with Gasteiger partial charge in [-0.3, -0.25) is 4.40 Å². The fourth-order valence-corrected chi connectivity index (χ4v) is 3.19.